The average Bonchev–Trinajstić information content (AvgIpc) is 2.73. The number of ether oxygens (including phenoxy) is 1. The summed E-state index contributed by atoms with van der Waals surface area (Å²) in [6.07, 6.45) is 0.999. The van der Waals surface area contributed by atoms with Gasteiger partial charge in [0, 0.05) is 13.5 Å². The molecular weight excluding hydrogens is 382 g/mol. The molecule has 2 unspecified atom stereocenters. The van der Waals surface area contributed by atoms with Gasteiger partial charge in [-0.25, -0.2) is 0 Å². The Morgan fingerprint density at radius 1 is 1.27 bits per heavy atom. The van der Waals surface area contributed by atoms with Gasteiger partial charge in [0.2, 0.25) is 11.8 Å². The van der Waals surface area contributed by atoms with Gasteiger partial charge in [0.1, 0.15) is 5.75 Å². The molecular formula is C23H25N3O4. The Hall–Kier alpha value is -3.35. The highest BCUT2D eigenvalue weighted by atomic mass is 16.5. The zero-order valence-electron chi connectivity index (χ0n) is 17.1. The average molecular weight is 407 g/mol. The number of amides is 3. The van der Waals surface area contributed by atoms with Crippen LogP contribution in [0.15, 0.2) is 42.5 Å². The van der Waals surface area contributed by atoms with Gasteiger partial charge in [0.25, 0.3) is 5.91 Å². The van der Waals surface area contributed by atoms with Crippen molar-refractivity contribution in [2.24, 2.45) is 0 Å². The molecule has 0 saturated carbocycles. The fraction of sp³-hybridized carbons (Fsp3) is 0.348. The van der Waals surface area contributed by atoms with E-state index in [4.69, 9.17) is 4.74 Å². The van der Waals surface area contributed by atoms with E-state index >= 15 is 0 Å². The number of fused-ring (bicyclic) bond motifs is 2. The summed E-state index contributed by atoms with van der Waals surface area (Å²) in [4.78, 5) is 38.4. The van der Waals surface area contributed by atoms with Crippen molar-refractivity contribution in [1.82, 2.24) is 10.2 Å². The molecule has 2 aliphatic rings. The number of nitrogens with zero attached hydrogens (tertiary/aromatic N) is 1. The van der Waals surface area contributed by atoms with Crippen LogP contribution in [-0.2, 0) is 20.8 Å². The lowest BCUT2D eigenvalue weighted by Gasteiger charge is -2.36. The first-order chi connectivity index (χ1) is 14.4. The molecule has 0 aromatic heterocycles. The summed E-state index contributed by atoms with van der Waals surface area (Å²) in [6.45, 7) is 4.06. The highest BCUT2D eigenvalue weighted by molar-refractivity contribution is 5.95. The Balaban J connectivity index is 1.48. The molecule has 7 heteroatoms. The van der Waals surface area contributed by atoms with Crippen LogP contribution in [0.4, 0.5) is 5.69 Å². The predicted octanol–water partition coefficient (Wildman–Crippen LogP) is 2.73. The molecule has 0 radical (unpaired) electrons. The monoisotopic (exact) mass is 407 g/mol. The highest BCUT2D eigenvalue weighted by Gasteiger charge is 2.31. The van der Waals surface area contributed by atoms with Crippen molar-refractivity contribution in [2.75, 3.05) is 18.5 Å². The second-order valence-corrected chi connectivity index (χ2v) is 7.76. The van der Waals surface area contributed by atoms with Crippen molar-refractivity contribution in [3.05, 3.63) is 59.2 Å². The molecule has 2 aliphatic heterocycles. The van der Waals surface area contributed by atoms with E-state index in [-0.39, 0.29) is 42.8 Å². The first-order valence-electron chi connectivity index (χ1n) is 10.1. The number of rotatable bonds is 4. The maximum Gasteiger partial charge on any atom is 0.262 e. The fourth-order valence-corrected chi connectivity index (χ4v) is 4.18. The molecule has 0 saturated heterocycles. The molecule has 3 amide bonds. The largest absolute Gasteiger partial charge is 0.482 e. The summed E-state index contributed by atoms with van der Waals surface area (Å²) in [6, 6.07) is 12.9. The number of nitrogens with one attached hydrogen (secondary N) is 2. The first kappa shape index (κ1) is 19.9. The van der Waals surface area contributed by atoms with Crippen LogP contribution in [0.3, 0.4) is 0 Å². The smallest absolute Gasteiger partial charge is 0.262 e. The molecule has 4 rings (SSSR count). The minimum Gasteiger partial charge on any atom is -0.482 e. The van der Waals surface area contributed by atoms with Crippen LogP contribution in [0.2, 0.25) is 0 Å². The molecule has 7 nitrogen and oxygen atoms in total. The normalized spacial score (nSPS) is 18.4. The van der Waals surface area contributed by atoms with E-state index < -0.39 is 0 Å². The Morgan fingerprint density at radius 2 is 2.07 bits per heavy atom. The molecule has 2 heterocycles. The van der Waals surface area contributed by atoms with E-state index in [2.05, 4.69) is 16.7 Å². The summed E-state index contributed by atoms with van der Waals surface area (Å²) in [5.41, 5.74) is 3.69. The molecule has 2 aromatic rings. The minimum atomic E-state index is -0.268. The molecule has 0 aliphatic carbocycles. The molecule has 0 spiro atoms. The van der Waals surface area contributed by atoms with Gasteiger partial charge in [0.15, 0.2) is 6.61 Å². The van der Waals surface area contributed by atoms with Gasteiger partial charge < -0.3 is 20.3 Å². The third-order valence-corrected chi connectivity index (χ3v) is 5.71. The Labute approximate surface area is 175 Å². The molecule has 2 aromatic carbocycles. The maximum atomic E-state index is 12.9. The molecule has 2 N–H and O–H groups in total. The maximum absolute atomic E-state index is 12.9. The summed E-state index contributed by atoms with van der Waals surface area (Å²) >= 11 is 0. The lowest BCUT2D eigenvalue weighted by Crippen LogP contribution is -2.41. The minimum absolute atomic E-state index is 0.00808. The van der Waals surface area contributed by atoms with E-state index in [0.29, 0.717) is 18.0 Å². The quantitative estimate of drug-likeness (QED) is 0.816. The number of carbonyl (C=O) groups is 3. The number of benzene rings is 2. The van der Waals surface area contributed by atoms with E-state index in [0.717, 1.165) is 17.5 Å². The number of carbonyl (C=O) groups excluding carboxylic acids is 3. The van der Waals surface area contributed by atoms with Gasteiger partial charge in [-0.1, -0.05) is 30.3 Å². The van der Waals surface area contributed by atoms with Crippen LogP contribution in [0.5, 0.6) is 5.75 Å². The van der Waals surface area contributed by atoms with Crippen molar-refractivity contribution in [2.45, 2.75) is 38.8 Å². The van der Waals surface area contributed by atoms with Crippen LogP contribution in [0.25, 0.3) is 0 Å². The highest BCUT2D eigenvalue weighted by Crippen LogP contribution is 2.33. The summed E-state index contributed by atoms with van der Waals surface area (Å²) < 4.78 is 5.38. The van der Waals surface area contributed by atoms with Gasteiger partial charge in [-0.05, 0) is 42.2 Å². The van der Waals surface area contributed by atoms with Crippen molar-refractivity contribution >= 4 is 23.4 Å². The molecule has 30 heavy (non-hydrogen) atoms. The summed E-state index contributed by atoms with van der Waals surface area (Å²) in [5.74, 6) is 0.263. The van der Waals surface area contributed by atoms with Gasteiger partial charge in [-0.2, -0.15) is 0 Å². The van der Waals surface area contributed by atoms with Crippen LogP contribution in [0, 0.1) is 0 Å². The van der Waals surface area contributed by atoms with E-state index in [1.807, 2.05) is 37.3 Å². The van der Waals surface area contributed by atoms with Gasteiger partial charge >= 0.3 is 0 Å². The number of hydrogen-bond donors (Lipinski definition) is 2. The van der Waals surface area contributed by atoms with Crippen LogP contribution >= 0.6 is 0 Å². The molecule has 0 bridgehead atoms. The van der Waals surface area contributed by atoms with Crippen LogP contribution in [-0.4, -0.2) is 35.8 Å². The van der Waals surface area contributed by atoms with Crippen LogP contribution in [0.1, 0.15) is 49.0 Å². The lowest BCUT2D eigenvalue weighted by molar-refractivity contribution is -0.133. The molecule has 156 valence electrons. The van der Waals surface area contributed by atoms with Crippen molar-refractivity contribution < 1.29 is 19.1 Å². The third-order valence-electron chi connectivity index (χ3n) is 5.71. The third kappa shape index (κ3) is 4.01. The Kier molecular flexibility index (Phi) is 5.44. The number of anilines is 1. The first-order valence-corrected chi connectivity index (χ1v) is 10.1. The second kappa shape index (κ2) is 8.18. The van der Waals surface area contributed by atoms with Gasteiger partial charge in [-0.3, -0.25) is 14.4 Å². The van der Waals surface area contributed by atoms with E-state index in [1.54, 1.807) is 17.9 Å². The second-order valence-electron chi connectivity index (χ2n) is 7.76. The summed E-state index contributed by atoms with van der Waals surface area (Å²) in [5, 5.41) is 5.80. The Bertz CT molecular complexity index is 1000. The van der Waals surface area contributed by atoms with Gasteiger partial charge in [0.05, 0.1) is 24.2 Å². The molecule has 0 fully saturated rings. The van der Waals surface area contributed by atoms with E-state index in [9.17, 15) is 14.4 Å². The van der Waals surface area contributed by atoms with Crippen molar-refractivity contribution in [1.29, 1.82) is 0 Å². The van der Waals surface area contributed by atoms with Crippen molar-refractivity contribution in [3.63, 3.8) is 0 Å². The van der Waals surface area contributed by atoms with Gasteiger partial charge in [-0.15, -0.1) is 0 Å². The number of hydrogen-bond acceptors (Lipinski definition) is 4. The summed E-state index contributed by atoms with van der Waals surface area (Å²) in [7, 11) is 0. The zero-order valence-corrected chi connectivity index (χ0v) is 17.1. The zero-order chi connectivity index (χ0) is 21.3. The van der Waals surface area contributed by atoms with Crippen molar-refractivity contribution in [3.8, 4) is 5.75 Å². The SMILES string of the molecule is CC(=O)N1CCc2ccccc2C1CC(=O)NC(C)c1ccc2c(c1)NC(=O)CO2. The van der Waals surface area contributed by atoms with E-state index in [1.165, 1.54) is 5.56 Å². The molecule has 2 atom stereocenters. The van der Waals surface area contributed by atoms with Crippen LogP contribution < -0.4 is 15.4 Å². The predicted molar refractivity (Wildman–Crippen MR) is 112 cm³/mol. The lowest BCUT2D eigenvalue weighted by atomic mass is 9.90. The topological polar surface area (TPSA) is 87.7 Å². The fourth-order valence-electron chi connectivity index (χ4n) is 4.18. The standard InChI is InChI=1S/C23H25N3O4/c1-14(17-7-8-21-19(11-17)25-23(29)13-30-21)24-22(28)12-20-18-6-4-3-5-16(18)9-10-26(20)15(2)27/h3-8,11,14,20H,9-10,12-13H2,1-2H3,(H,24,28)(H,25,29). The Morgan fingerprint density at radius 3 is 2.87 bits per heavy atom.